The first-order valence-corrected chi connectivity index (χ1v) is 7.56. The molecule has 0 spiro atoms. The summed E-state index contributed by atoms with van der Waals surface area (Å²) in [6, 6.07) is 2.01. The predicted octanol–water partition coefficient (Wildman–Crippen LogP) is 2.57. The van der Waals surface area contributed by atoms with Crippen LogP contribution in [-0.4, -0.2) is 23.4 Å². The third-order valence-electron chi connectivity index (χ3n) is 3.77. The van der Waals surface area contributed by atoms with E-state index in [1.165, 1.54) is 10.4 Å². The molecule has 0 aliphatic carbocycles. The number of nitrogens with two attached hydrogens (primary N) is 1. The van der Waals surface area contributed by atoms with Crippen LogP contribution in [0, 0.1) is 5.92 Å². The Kier molecular flexibility index (Phi) is 4.07. The van der Waals surface area contributed by atoms with Gasteiger partial charge >= 0.3 is 0 Å². The Bertz CT molecular complexity index is 427. The smallest absolute Gasteiger partial charge is 0.240 e. The van der Waals surface area contributed by atoms with Gasteiger partial charge in [-0.15, -0.1) is 11.3 Å². The molecule has 2 rings (SSSR count). The molecule has 4 heteroatoms. The molecule has 1 aliphatic heterocycles. The normalized spacial score (nSPS) is 20.9. The molecule has 3 nitrogen and oxygen atoms in total. The topological polar surface area (TPSA) is 46.3 Å². The second kappa shape index (κ2) is 5.41. The quantitative estimate of drug-likeness (QED) is 0.914. The molecule has 2 N–H and O–H groups in total. The van der Waals surface area contributed by atoms with Crippen molar-refractivity contribution in [2.24, 2.45) is 11.7 Å². The number of carbonyl (C=O) groups is 1. The maximum Gasteiger partial charge on any atom is 0.240 e. The molecule has 1 amide bonds. The minimum absolute atomic E-state index is 0.105. The summed E-state index contributed by atoms with van der Waals surface area (Å²) < 4.78 is 0. The van der Waals surface area contributed by atoms with Crippen molar-refractivity contribution in [1.82, 2.24) is 4.90 Å². The van der Waals surface area contributed by atoms with Crippen molar-refractivity contribution in [2.75, 3.05) is 6.54 Å². The number of hydrogen-bond donors (Lipinski definition) is 1. The van der Waals surface area contributed by atoms with Crippen LogP contribution in [0.3, 0.4) is 0 Å². The molecule has 100 valence electrons. The van der Waals surface area contributed by atoms with E-state index in [0.29, 0.717) is 0 Å². The van der Waals surface area contributed by atoms with Crippen molar-refractivity contribution in [1.29, 1.82) is 0 Å². The van der Waals surface area contributed by atoms with Gasteiger partial charge in [-0.1, -0.05) is 20.8 Å². The van der Waals surface area contributed by atoms with Crippen LogP contribution in [0.1, 0.15) is 43.7 Å². The van der Waals surface area contributed by atoms with Gasteiger partial charge in [0.15, 0.2) is 0 Å². The molecule has 0 fully saturated rings. The summed E-state index contributed by atoms with van der Waals surface area (Å²) in [5.74, 6) is 0.299. The van der Waals surface area contributed by atoms with Gasteiger partial charge in [-0.25, -0.2) is 0 Å². The van der Waals surface area contributed by atoms with Gasteiger partial charge in [-0.2, -0.15) is 0 Å². The number of thiophene rings is 1. The molecule has 0 saturated carbocycles. The lowest BCUT2D eigenvalue weighted by atomic mass is 9.95. The van der Waals surface area contributed by atoms with E-state index in [-0.39, 0.29) is 23.9 Å². The van der Waals surface area contributed by atoms with E-state index in [1.54, 1.807) is 11.3 Å². The molecule has 1 unspecified atom stereocenters. The zero-order valence-electron chi connectivity index (χ0n) is 11.3. The van der Waals surface area contributed by atoms with E-state index < -0.39 is 0 Å². The van der Waals surface area contributed by atoms with Gasteiger partial charge in [-0.05, 0) is 35.8 Å². The largest absolute Gasteiger partial charge is 0.334 e. The summed E-state index contributed by atoms with van der Waals surface area (Å²) in [4.78, 5) is 15.9. The van der Waals surface area contributed by atoms with E-state index in [4.69, 9.17) is 5.73 Å². The van der Waals surface area contributed by atoms with Crippen molar-refractivity contribution in [3.8, 4) is 0 Å². The lowest BCUT2D eigenvalue weighted by Gasteiger charge is -2.37. The van der Waals surface area contributed by atoms with Gasteiger partial charge in [0.25, 0.3) is 0 Å². The molecule has 0 aromatic carbocycles. The second-order valence-electron chi connectivity index (χ2n) is 5.27. The summed E-state index contributed by atoms with van der Waals surface area (Å²) in [6.45, 7) is 6.96. The lowest BCUT2D eigenvalue weighted by molar-refractivity contribution is -0.136. The fraction of sp³-hybridized carbons (Fsp3) is 0.643. The molecule has 0 bridgehead atoms. The molecule has 1 aliphatic rings. The van der Waals surface area contributed by atoms with E-state index in [2.05, 4.69) is 18.4 Å². The molecule has 2 atom stereocenters. The van der Waals surface area contributed by atoms with Crippen LogP contribution in [0.4, 0.5) is 0 Å². The monoisotopic (exact) mass is 266 g/mol. The zero-order valence-corrected chi connectivity index (χ0v) is 12.2. The summed E-state index contributed by atoms with van der Waals surface area (Å²) in [6.07, 6.45) is 1.93. The SMILES string of the molecule is CCC1c2ccsc2CCN1C(=O)[C@@H](N)C(C)C. The molecule has 1 aromatic rings. The van der Waals surface area contributed by atoms with Gasteiger partial charge in [0.05, 0.1) is 12.1 Å². The second-order valence-corrected chi connectivity index (χ2v) is 6.28. The summed E-state index contributed by atoms with van der Waals surface area (Å²) in [5, 5.41) is 2.13. The van der Waals surface area contributed by atoms with Crippen LogP contribution in [0.15, 0.2) is 11.4 Å². The molecule has 0 radical (unpaired) electrons. The van der Waals surface area contributed by atoms with Crippen molar-refractivity contribution < 1.29 is 4.79 Å². The number of fused-ring (bicyclic) bond motifs is 1. The Morgan fingerprint density at radius 2 is 2.33 bits per heavy atom. The maximum atomic E-state index is 12.4. The third kappa shape index (κ3) is 2.31. The number of rotatable bonds is 3. The number of hydrogen-bond acceptors (Lipinski definition) is 3. The van der Waals surface area contributed by atoms with Crippen LogP contribution in [0.2, 0.25) is 0 Å². The highest BCUT2D eigenvalue weighted by atomic mass is 32.1. The molecule has 2 heterocycles. The Labute approximate surface area is 113 Å². The molecule has 18 heavy (non-hydrogen) atoms. The van der Waals surface area contributed by atoms with Crippen molar-refractivity contribution in [2.45, 2.75) is 45.7 Å². The standard InChI is InChI=1S/C14H22N2OS/c1-4-11-10-6-8-18-12(10)5-7-16(11)14(17)13(15)9(2)3/h6,8-9,11,13H,4-5,7,15H2,1-3H3/t11?,13-/m0/s1. The highest BCUT2D eigenvalue weighted by Gasteiger charge is 2.33. The fourth-order valence-electron chi connectivity index (χ4n) is 2.58. The van der Waals surface area contributed by atoms with E-state index in [1.807, 2.05) is 18.7 Å². The highest BCUT2D eigenvalue weighted by Crippen LogP contribution is 2.35. The molecule has 1 aromatic heterocycles. The number of amides is 1. The van der Waals surface area contributed by atoms with Gasteiger partial charge in [-0.3, -0.25) is 4.79 Å². The average molecular weight is 266 g/mol. The fourth-order valence-corrected chi connectivity index (χ4v) is 3.51. The first-order chi connectivity index (χ1) is 8.56. The van der Waals surface area contributed by atoms with Crippen LogP contribution in [-0.2, 0) is 11.2 Å². The van der Waals surface area contributed by atoms with Crippen LogP contribution in [0.5, 0.6) is 0 Å². The first-order valence-electron chi connectivity index (χ1n) is 6.68. The first kappa shape index (κ1) is 13.6. The van der Waals surface area contributed by atoms with Gasteiger partial charge in [0, 0.05) is 11.4 Å². The molecular formula is C14H22N2OS. The molecular weight excluding hydrogens is 244 g/mol. The number of carbonyl (C=O) groups excluding carboxylic acids is 1. The Morgan fingerprint density at radius 3 is 2.94 bits per heavy atom. The molecule has 0 saturated heterocycles. The van der Waals surface area contributed by atoms with E-state index >= 15 is 0 Å². The summed E-state index contributed by atoms with van der Waals surface area (Å²) in [7, 11) is 0. The third-order valence-corrected chi connectivity index (χ3v) is 4.76. The van der Waals surface area contributed by atoms with Crippen molar-refractivity contribution in [3.63, 3.8) is 0 Å². The van der Waals surface area contributed by atoms with Gasteiger partial charge < -0.3 is 10.6 Å². The van der Waals surface area contributed by atoms with Gasteiger partial charge in [0.1, 0.15) is 0 Å². The Morgan fingerprint density at radius 1 is 1.61 bits per heavy atom. The van der Waals surface area contributed by atoms with Crippen molar-refractivity contribution in [3.05, 3.63) is 21.9 Å². The summed E-state index contributed by atoms with van der Waals surface area (Å²) in [5.41, 5.74) is 7.35. The average Bonchev–Trinajstić information content (AvgIpc) is 2.83. The Balaban J connectivity index is 2.22. The lowest BCUT2D eigenvalue weighted by Crippen LogP contribution is -2.49. The maximum absolute atomic E-state index is 12.4. The predicted molar refractivity (Wildman–Crippen MR) is 75.6 cm³/mol. The van der Waals surface area contributed by atoms with Crippen LogP contribution >= 0.6 is 11.3 Å². The zero-order chi connectivity index (χ0) is 13.3. The minimum Gasteiger partial charge on any atom is -0.334 e. The van der Waals surface area contributed by atoms with Gasteiger partial charge in [0.2, 0.25) is 5.91 Å². The van der Waals surface area contributed by atoms with E-state index in [0.717, 1.165) is 19.4 Å². The van der Waals surface area contributed by atoms with E-state index in [9.17, 15) is 4.79 Å². The minimum atomic E-state index is -0.376. The highest BCUT2D eigenvalue weighted by molar-refractivity contribution is 7.10. The van der Waals surface area contributed by atoms with Crippen molar-refractivity contribution >= 4 is 17.2 Å². The number of nitrogens with zero attached hydrogens (tertiary/aromatic N) is 1. The van der Waals surface area contributed by atoms with Crippen LogP contribution < -0.4 is 5.73 Å². The summed E-state index contributed by atoms with van der Waals surface area (Å²) >= 11 is 1.80. The van der Waals surface area contributed by atoms with Crippen LogP contribution in [0.25, 0.3) is 0 Å². The Hall–Kier alpha value is -0.870.